The van der Waals surface area contributed by atoms with Gasteiger partial charge >= 0.3 is 6.03 Å². The van der Waals surface area contributed by atoms with Gasteiger partial charge in [0, 0.05) is 85.5 Å². The number of urea groups is 1. The van der Waals surface area contributed by atoms with Gasteiger partial charge in [0.05, 0.1) is 31.3 Å². The Morgan fingerprint density at radius 1 is 0.890 bits per heavy atom. The lowest BCUT2D eigenvalue weighted by Gasteiger charge is -2.26. The molecule has 386 valence electrons. The topological polar surface area (TPSA) is 235 Å². The highest BCUT2D eigenvalue weighted by Gasteiger charge is 2.37. The molecule has 8 rings (SSSR count). The SMILES string of the molecule is Cc1cnc(Nc2ccc(OCCCNC(=O)NCc3ccc4c(c3OCc3ccc(CN5CCOCC5)cc3)CN(C(=O)[C@H]3CCCC(=O)NC3=O)C4)cc2)nc1Nc1cccc(S(=O)(=O)NC(C)(C)C)c1. The molecule has 4 aromatic carbocycles. The summed E-state index contributed by atoms with van der Waals surface area (Å²) in [6, 6.07) is 25.6. The molecule has 1 aromatic heterocycles. The zero-order valence-electron chi connectivity index (χ0n) is 41.7. The second kappa shape index (κ2) is 23.6. The second-order valence-electron chi connectivity index (χ2n) is 19.4. The first-order valence-electron chi connectivity index (χ1n) is 24.6. The van der Waals surface area contributed by atoms with Crippen LogP contribution in [0, 0.1) is 12.8 Å². The maximum Gasteiger partial charge on any atom is 0.315 e. The van der Waals surface area contributed by atoms with E-state index in [1.165, 1.54) is 5.56 Å². The predicted molar refractivity (Wildman–Crippen MR) is 275 cm³/mol. The molecule has 2 saturated heterocycles. The lowest BCUT2D eigenvalue weighted by Crippen LogP contribution is -2.42. The standard InChI is InChI=1S/C53H64N10O9S/c1-35-29-55-51(60-48(35)57-41-8-5-9-43(28-41)73(68,69)61-53(2,3)4)58-40-18-20-42(21-19-40)71-25-7-22-54-52(67)56-30-38-16-17-39-32-63(50(66)44-10-6-11-46(64)59-49(44)65)33-45(39)47(38)72-34-37-14-12-36(13-15-37)31-62-23-26-70-27-24-62/h5,8-9,12-21,28-29,44,61H,6-7,10-11,22-27,30-34H2,1-4H3,(H2,54,56,67)(H,59,64,65)(H2,55,57,58,60)/t44-/m0/s1. The Bertz CT molecular complexity index is 2890. The Morgan fingerprint density at radius 2 is 1.66 bits per heavy atom. The molecule has 0 spiro atoms. The molecular weight excluding hydrogens is 953 g/mol. The first kappa shape index (κ1) is 52.2. The van der Waals surface area contributed by atoms with Crippen LogP contribution in [0.2, 0.25) is 0 Å². The molecule has 3 aliphatic heterocycles. The Morgan fingerprint density at radius 3 is 2.42 bits per heavy atom. The van der Waals surface area contributed by atoms with Crippen molar-refractivity contribution in [3.63, 3.8) is 0 Å². The molecule has 0 saturated carbocycles. The van der Waals surface area contributed by atoms with E-state index in [1.807, 2.05) is 55.5 Å². The van der Waals surface area contributed by atoms with Crippen molar-refractivity contribution in [1.29, 1.82) is 0 Å². The van der Waals surface area contributed by atoms with Crippen molar-refractivity contribution in [2.24, 2.45) is 5.92 Å². The molecule has 0 aliphatic carbocycles. The van der Waals surface area contributed by atoms with Gasteiger partial charge < -0.3 is 40.4 Å². The Balaban J connectivity index is 0.818. The molecule has 4 heterocycles. The van der Waals surface area contributed by atoms with Gasteiger partial charge in [-0.2, -0.15) is 4.98 Å². The number of hydrogen-bond acceptors (Lipinski definition) is 14. The van der Waals surface area contributed by atoms with E-state index >= 15 is 0 Å². The van der Waals surface area contributed by atoms with Gasteiger partial charge in [-0.1, -0.05) is 42.5 Å². The van der Waals surface area contributed by atoms with Crippen LogP contribution in [0.4, 0.5) is 27.9 Å². The molecule has 6 N–H and O–H groups in total. The fourth-order valence-corrected chi connectivity index (χ4v) is 10.1. The van der Waals surface area contributed by atoms with Crippen LogP contribution in [0.25, 0.3) is 0 Å². The summed E-state index contributed by atoms with van der Waals surface area (Å²) in [4.78, 5) is 64.8. The van der Waals surface area contributed by atoms with Crippen LogP contribution in [-0.4, -0.2) is 96.9 Å². The fourth-order valence-electron chi connectivity index (χ4n) is 8.65. The van der Waals surface area contributed by atoms with Crippen molar-refractivity contribution in [3.8, 4) is 11.5 Å². The van der Waals surface area contributed by atoms with Crippen molar-refractivity contribution < 1.29 is 41.8 Å². The molecular formula is C53H64N10O9S. The van der Waals surface area contributed by atoms with Crippen LogP contribution >= 0.6 is 0 Å². The van der Waals surface area contributed by atoms with E-state index in [4.69, 9.17) is 14.2 Å². The number of nitrogens with zero attached hydrogens (tertiary/aromatic N) is 4. The zero-order valence-corrected chi connectivity index (χ0v) is 42.5. The predicted octanol–water partition coefficient (Wildman–Crippen LogP) is 6.31. The number of benzene rings is 4. The summed E-state index contributed by atoms with van der Waals surface area (Å²) in [5.74, 6) is -0.123. The summed E-state index contributed by atoms with van der Waals surface area (Å²) in [6.07, 6.45) is 3.17. The monoisotopic (exact) mass is 1020 g/mol. The highest BCUT2D eigenvalue weighted by Crippen LogP contribution is 2.36. The number of nitrogens with one attached hydrogen (secondary N) is 6. The van der Waals surface area contributed by atoms with E-state index in [0.29, 0.717) is 67.9 Å². The van der Waals surface area contributed by atoms with Gasteiger partial charge in [-0.15, -0.1) is 0 Å². The summed E-state index contributed by atoms with van der Waals surface area (Å²) < 4.78 is 46.5. The Kier molecular flexibility index (Phi) is 16.9. The number of morpholine rings is 1. The van der Waals surface area contributed by atoms with E-state index < -0.39 is 27.4 Å². The van der Waals surface area contributed by atoms with Gasteiger partial charge in [-0.25, -0.2) is 22.9 Å². The van der Waals surface area contributed by atoms with Crippen molar-refractivity contribution in [1.82, 2.24) is 40.4 Å². The summed E-state index contributed by atoms with van der Waals surface area (Å²) in [5, 5.41) is 14.6. The molecule has 5 aromatic rings. The number of amides is 5. The summed E-state index contributed by atoms with van der Waals surface area (Å²) in [7, 11) is -3.73. The van der Waals surface area contributed by atoms with Gasteiger partial charge in [0.25, 0.3) is 0 Å². The van der Waals surface area contributed by atoms with E-state index in [2.05, 4.69) is 58.3 Å². The van der Waals surface area contributed by atoms with E-state index in [0.717, 1.165) is 66.4 Å². The van der Waals surface area contributed by atoms with E-state index in [-0.39, 0.29) is 48.9 Å². The number of rotatable bonds is 19. The second-order valence-corrected chi connectivity index (χ2v) is 21.1. The quantitative estimate of drug-likeness (QED) is 0.0302. The van der Waals surface area contributed by atoms with E-state index in [9.17, 15) is 27.6 Å². The molecule has 1 atom stereocenters. The number of hydrogen-bond donors (Lipinski definition) is 6. The van der Waals surface area contributed by atoms with Gasteiger partial charge in [0.1, 0.15) is 29.8 Å². The minimum atomic E-state index is -3.73. The maximum absolute atomic E-state index is 13.7. The van der Waals surface area contributed by atoms with Crippen LogP contribution in [0.1, 0.15) is 79.8 Å². The highest BCUT2D eigenvalue weighted by molar-refractivity contribution is 7.89. The molecule has 0 radical (unpaired) electrons. The zero-order chi connectivity index (χ0) is 51.5. The van der Waals surface area contributed by atoms with Crippen LogP contribution in [-0.2, 0) is 61.9 Å². The first-order chi connectivity index (χ1) is 35.0. The van der Waals surface area contributed by atoms with Crippen molar-refractivity contribution in [2.75, 3.05) is 50.1 Å². The molecule has 19 nitrogen and oxygen atoms in total. The number of ether oxygens (including phenoxy) is 3. The number of aryl methyl sites for hydroxylation is 1. The van der Waals surface area contributed by atoms with Crippen molar-refractivity contribution in [2.45, 2.75) is 96.6 Å². The normalized spacial score (nSPS) is 16.2. The summed E-state index contributed by atoms with van der Waals surface area (Å²) in [5.41, 5.74) is 6.02. The van der Waals surface area contributed by atoms with Crippen LogP contribution in [0.15, 0.2) is 96.0 Å². The molecule has 3 aliphatic rings. The average Bonchev–Trinajstić information content (AvgIpc) is 3.72. The third kappa shape index (κ3) is 14.5. The van der Waals surface area contributed by atoms with Crippen molar-refractivity contribution >= 4 is 56.9 Å². The molecule has 0 bridgehead atoms. The average molecular weight is 1020 g/mol. The largest absolute Gasteiger partial charge is 0.494 e. The van der Waals surface area contributed by atoms with Gasteiger partial charge in [0.2, 0.25) is 33.7 Å². The number of sulfonamides is 1. The third-order valence-electron chi connectivity index (χ3n) is 12.4. The highest BCUT2D eigenvalue weighted by atomic mass is 32.2. The van der Waals surface area contributed by atoms with Crippen LogP contribution < -0.4 is 40.8 Å². The molecule has 2 fully saturated rings. The number of fused-ring (bicyclic) bond motifs is 1. The van der Waals surface area contributed by atoms with Crippen molar-refractivity contribution in [3.05, 3.63) is 125 Å². The van der Waals surface area contributed by atoms with Crippen LogP contribution in [0.5, 0.6) is 11.5 Å². The van der Waals surface area contributed by atoms with Gasteiger partial charge in [-0.05, 0) is 106 Å². The molecule has 20 heteroatoms. The lowest BCUT2D eigenvalue weighted by molar-refractivity contribution is -0.143. The number of anilines is 4. The Hall–Kier alpha value is -7.13. The van der Waals surface area contributed by atoms with Gasteiger partial charge in [0.15, 0.2) is 0 Å². The third-order valence-corrected chi connectivity index (χ3v) is 14.2. The molecule has 5 amide bonds. The van der Waals surface area contributed by atoms with E-state index in [1.54, 1.807) is 56.1 Å². The fraction of sp³-hybridized carbons (Fsp3) is 0.396. The Labute approximate surface area is 426 Å². The maximum atomic E-state index is 13.7. The summed E-state index contributed by atoms with van der Waals surface area (Å²) in [6.45, 7) is 13.0. The minimum Gasteiger partial charge on any atom is -0.494 e. The summed E-state index contributed by atoms with van der Waals surface area (Å²) >= 11 is 0. The van der Waals surface area contributed by atoms with Crippen LogP contribution in [0.3, 0.4) is 0 Å². The number of aromatic nitrogens is 2. The number of carbonyl (C=O) groups excluding carboxylic acids is 4. The first-order valence-corrected chi connectivity index (χ1v) is 26.1. The molecule has 73 heavy (non-hydrogen) atoms. The number of imide groups is 1. The number of carbonyl (C=O) groups is 4. The lowest BCUT2D eigenvalue weighted by atomic mass is 10.0. The molecule has 0 unspecified atom stereocenters. The van der Waals surface area contributed by atoms with Gasteiger partial charge in [-0.3, -0.25) is 24.6 Å². The smallest absolute Gasteiger partial charge is 0.315 e. The minimum absolute atomic E-state index is 0.134.